The van der Waals surface area contributed by atoms with Crippen molar-refractivity contribution >= 4 is 11.7 Å². The third-order valence-corrected chi connectivity index (χ3v) is 2.33. The number of benzene rings is 1. The number of ketones is 1. The van der Waals surface area contributed by atoms with Gasteiger partial charge in [0, 0.05) is 7.05 Å². The largest absolute Gasteiger partial charge is 0.492 e. The molecule has 5 heteroatoms. The molecule has 1 aromatic carbocycles. The Balaban J connectivity index is 2.31. The SMILES string of the molecule is CC(=O)CC(=O)N(C)CCOc1ccc(F)cc1. The topological polar surface area (TPSA) is 46.6 Å². The number of hydrogen-bond donors (Lipinski definition) is 0. The highest BCUT2D eigenvalue weighted by Gasteiger charge is 2.10. The predicted octanol–water partition coefficient (Wildman–Crippen LogP) is 1.64. The maximum Gasteiger partial charge on any atom is 0.229 e. The van der Waals surface area contributed by atoms with Gasteiger partial charge in [0.1, 0.15) is 24.0 Å². The third kappa shape index (κ3) is 4.95. The number of Topliss-reactive ketones (excluding diaryl/α,β-unsaturated/α-hetero) is 1. The van der Waals surface area contributed by atoms with Gasteiger partial charge in [0.25, 0.3) is 0 Å². The van der Waals surface area contributed by atoms with Crippen LogP contribution in [0.15, 0.2) is 24.3 Å². The van der Waals surface area contributed by atoms with Crippen molar-refractivity contribution in [2.24, 2.45) is 0 Å². The van der Waals surface area contributed by atoms with Gasteiger partial charge in [-0.3, -0.25) is 9.59 Å². The fourth-order valence-electron chi connectivity index (χ4n) is 1.30. The molecule has 0 saturated heterocycles. The van der Waals surface area contributed by atoms with Crippen molar-refractivity contribution in [2.45, 2.75) is 13.3 Å². The molecule has 98 valence electrons. The molecule has 1 aromatic rings. The lowest BCUT2D eigenvalue weighted by atomic mass is 10.3. The zero-order valence-corrected chi connectivity index (χ0v) is 10.5. The van der Waals surface area contributed by atoms with E-state index in [1.165, 1.54) is 36.1 Å². The van der Waals surface area contributed by atoms with Crippen molar-refractivity contribution in [1.29, 1.82) is 0 Å². The lowest BCUT2D eigenvalue weighted by Crippen LogP contribution is -2.31. The minimum atomic E-state index is -0.323. The van der Waals surface area contributed by atoms with Crippen molar-refractivity contribution in [3.05, 3.63) is 30.1 Å². The van der Waals surface area contributed by atoms with Crippen LogP contribution in [0.25, 0.3) is 0 Å². The van der Waals surface area contributed by atoms with Crippen molar-refractivity contribution in [3.8, 4) is 5.75 Å². The smallest absolute Gasteiger partial charge is 0.229 e. The van der Waals surface area contributed by atoms with Crippen LogP contribution in [-0.4, -0.2) is 36.8 Å². The lowest BCUT2D eigenvalue weighted by molar-refractivity contribution is -0.134. The molecule has 0 atom stereocenters. The summed E-state index contributed by atoms with van der Waals surface area (Å²) in [6.45, 7) is 2.05. The molecule has 0 radical (unpaired) electrons. The first-order valence-corrected chi connectivity index (χ1v) is 5.61. The molecule has 0 aliphatic carbocycles. The Morgan fingerprint density at radius 3 is 2.44 bits per heavy atom. The molecule has 4 nitrogen and oxygen atoms in total. The second-order valence-corrected chi connectivity index (χ2v) is 4.00. The van der Waals surface area contributed by atoms with Gasteiger partial charge in [0.15, 0.2) is 0 Å². The van der Waals surface area contributed by atoms with Gasteiger partial charge in [0.2, 0.25) is 5.91 Å². The maximum atomic E-state index is 12.6. The van der Waals surface area contributed by atoms with Crippen LogP contribution in [0.2, 0.25) is 0 Å². The molecule has 18 heavy (non-hydrogen) atoms. The Kier molecular flexibility index (Phi) is 5.30. The Morgan fingerprint density at radius 1 is 1.28 bits per heavy atom. The summed E-state index contributed by atoms with van der Waals surface area (Å²) >= 11 is 0. The maximum absolute atomic E-state index is 12.6. The molecule has 0 spiro atoms. The average molecular weight is 253 g/mol. The van der Waals surface area contributed by atoms with Gasteiger partial charge in [-0.1, -0.05) is 0 Å². The summed E-state index contributed by atoms with van der Waals surface area (Å²) in [7, 11) is 1.61. The van der Waals surface area contributed by atoms with Crippen LogP contribution in [0.4, 0.5) is 4.39 Å². The van der Waals surface area contributed by atoms with E-state index in [2.05, 4.69) is 0 Å². The molecule has 1 amide bonds. The van der Waals surface area contributed by atoms with Crippen LogP contribution >= 0.6 is 0 Å². The van der Waals surface area contributed by atoms with E-state index in [1.807, 2.05) is 0 Å². The van der Waals surface area contributed by atoms with Crippen molar-refractivity contribution in [3.63, 3.8) is 0 Å². The quantitative estimate of drug-likeness (QED) is 0.724. The highest BCUT2D eigenvalue weighted by molar-refractivity contribution is 5.96. The summed E-state index contributed by atoms with van der Waals surface area (Å²) in [6.07, 6.45) is -0.0902. The summed E-state index contributed by atoms with van der Waals surface area (Å²) in [5.74, 6) is -0.170. The number of nitrogens with zero attached hydrogens (tertiary/aromatic N) is 1. The van der Waals surface area contributed by atoms with E-state index in [4.69, 9.17) is 4.74 Å². The second kappa shape index (κ2) is 6.74. The highest BCUT2D eigenvalue weighted by Crippen LogP contribution is 2.10. The van der Waals surface area contributed by atoms with Crippen LogP contribution in [-0.2, 0) is 9.59 Å². The molecule has 0 aromatic heterocycles. The highest BCUT2D eigenvalue weighted by atomic mass is 19.1. The molecular weight excluding hydrogens is 237 g/mol. The first kappa shape index (κ1) is 14.2. The molecule has 0 bridgehead atoms. The van der Waals surface area contributed by atoms with Gasteiger partial charge in [-0.2, -0.15) is 0 Å². The zero-order chi connectivity index (χ0) is 13.5. The fourth-order valence-corrected chi connectivity index (χ4v) is 1.30. The van der Waals surface area contributed by atoms with Crippen LogP contribution in [0, 0.1) is 5.82 Å². The van der Waals surface area contributed by atoms with E-state index in [0.29, 0.717) is 18.9 Å². The summed E-state index contributed by atoms with van der Waals surface area (Å²) in [5, 5.41) is 0. The number of carbonyl (C=O) groups is 2. The van der Waals surface area contributed by atoms with E-state index < -0.39 is 0 Å². The van der Waals surface area contributed by atoms with Crippen molar-refractivity contribution in [2.75, 3.05) is 20.2 Å². The van der Waals surface area contributed by atoms with Crippen molar-refractivity contribution < 1.29 is 18.7 Å². The monoisotopic (exact) mass is 253 g/mol. The van der Waals surface area contributed by atoms with E-state index in [-0.39, 0.29) is 23.9 Å². The number of rotatable bonds is 6. The number of hydrogen-bond acceptors (Lipinski definition) is 3. The molecule has 0 aliphatic rings. The average Bonchev–Trinajstić information content (AvgIpc) is 2.30. The third-order valence-electron chi connectivity index (χ3n) is 2.33. The van der Waals surface area contributed by atoms with E-state index in [0.717, 1.165) is 0 Å². The zero-order valence-electron chi connectivity index (χ0n) is 10.5. The van der Waals surface area contributed by atoms with Gasteiger partial charge in [-0.05, 0) is 31.2 Å². The number of ether oxygens (including phenoxy) is 1. The molecule has 0 heterocycles. The van der Waals surface area contributed by atoms with Gasteiger partial charge < -0.3 is 9.64 Å². The number of amides is 1. The summed E-state index contributed by atoms with van der Waals surface area (Å²) < 4.78 is 18.0. The first-order chi connectivity index (χ1) is 8.49. The van der Waals surface area contributed by atoms with Crippen LogP contribution in [0.1, 0.15) is 13.3 Å². The van der Waals surface area contributed by atoms with Crippen molar-refractivity contribution in [1.82, 2.24) is 4.90 Å². The summed E-state index contributed by atoms with van der Waals surface area (Å²) in [6, 6.07) is 5.65. The van der Waals surface area contributed by atoms with Gasteiger partial charge in [-0.25, -0.2) is 4.39 Å². The normalized spacial score (nSPS) is 9.94. The minimum Gasteiger partial charge on any atom is -0.492 e. The lowest BCUT2D eigenvalue weighted by Gasteiger charge is -2.16. The molecule has 0 saturated carbocycles. The van der Waals surface area contributed by atoms with Crippen LogP contribution < -0.4 is 4.74 Å². The van der Waals surface area contributed by atoms with E-state index in [1.54, 1.807) is 7.05 Å². The Bertz CT molecular complexity index is 417. The molecular formula is C13H16FNO3. The Morgan fingerprint density at radius 2 is 1.89 bits per heavy atom. The Labute approximate surface area is 105 Å². The van der Waals surface area contributed by atoms with Crippen LogP contribution in [0.5, 0.6) is 5.75 Å². The molecule has 0 fully saturated rings. The van der Waals surface area contributed by atoms with Gasteiger partial charge in [0.05, 0.1) is 13.0 Å². The molecule has 0 unspecified atom stereocenters. The van der Waals surface area contributed by atoms with Crippen LogP contribution in [0.3, 0.4) is 0 Å². The molecule has 0 N–H and O–H groups in total. The molecule has 0 aliphatic heterocycles. The predicted molar refractivity (Wildman–Crippen MR) is 64.8 cm³/mol. The first-order valence-electron chi connectivity index (χ1n) is 5.61. The summed E-state index contributed by atoms with van der Waals surface area (Å²) in [4.78, 5) is 23.6. The minimum absolute atomic E-state index is 0.0902. The fraction of sp³-hybridized carbons (Fsp3) is 0.385. The van der Waals surface area contributed by atoms with Gasteiger partial charge in [-0.15, -0.1) is 0 Å². The van der Waals surface area contributed by atoms with E-state index >= 15 is 0 Å². The van der Waals surface area contributed by atoms with E-state index in [9.17, 15) is 14.0 Å². The standard InChI is InChI=1S/C13H16FNO3/c1-10(16)9-13(17)15(2)7-8-18-12-5-3-11(14)4-6-12/h3-6H,7-9H2,1-2H3. The van der Waals surface area contributed by atoms with Gasteiger partial charge >= 0.3 is 0 Å². The Hall–Kier alpha value is -1.91. The number of carbonyl (C=O) groups excluding carboxylic acids is 2. The molecule has 1 rings (SSSR count). The number of halogens is 1. The summed E-state index contributed by atoms with van der Waals surface area (Å²) in [5.41, 5.74) is 0. The second-order valence-electron chi connectivity index (χ2n) is 4.00. The number of likely N-dealkylation sites (N-methyl/N-ethyl adjacent to an activating group) is 1.